The molecule has 0 atom stereocenters. The molecule has 0 aliphatic rings. The number of hydrogen-bond acceptors (Lipinski definition) is 12. The number of rotatable bonds is 2. The minimum Gasteiger partial charge on any atom is -0.504 e. The molecule has 0 aliphatic carbocycles. The fourth-order valence-electron chi connectivity index (χ4n) is 3.53. The third kappa shape index (κ3) is 2.67. The van der Waals surface area contributed by atoms with Gasteiger partial charge in [0.25, 0.3) is 0 Å². The molecule has 2 aromatic heterocycles. The second-order valence-electron chi connectivity index (χ2n) is 7.00. The molecular formula is C21H10O12. The summed E-state index contributed by atoms with van der Waals surface area (Å²) in [5, 5.41) is 58.3. The van der Waals surface area contributed by atoms with Gasteiger partial charge in [-0.15, -0.1) is 0 Å². The first-order valence-corrected chi connectivity index (χ1v) is 8.99. The molecule has 5 rings (SSSR count). The molecular weight excluding hydrogens is 444 g/mol. The molecule has 0 bridgehead atoms. The van der Waals surface area contributed by atoms with Crippen molar-refractivity contribution in [3.8, 4) is 40.2 Å². The van der Waals surface area contributed by atoms with Crippen molar-refractivity contribution in [3.63, 3.8) is 0 Å². The number of ether oxygens (including phenoxy) is 1. The predicted octanol–water partition coefficient (Wildman–Crippen LogP) is 1.94. The molecule has 166 valence electrons. The molecule has 6 N–H and O–H groups in total. The maximum absolute atomic E-state index is 12.6. The maximum atomic E-state index is 12.6. The number of phenols is 6. The van der Waals surface area contributed by atoms with Crippen LogP contribution in [0.1, 0.15) is 10.4 Å². The first kappa shape index (κ1) is 19.8. The van der Waals surface area contributed by atoms with Crippen LogP contribution in [-0.2, 0) is 0 Å². The quantitative estimate of drug-likeness (QED) is 0.0743. The Labute approximate surface area is 179 Å². The van der Waals surface area contributed by atoms with Crippen LogP contribution in [0.3, 0.4) is 0 Å². The molecule has 0 aliphatic heterocycles. The zero-order valence-corrected chi connectivity index (χ0v) is 15.9. The molecule has 0 saturated carbocycles. The van der Waals surface area contributed by atoms with Gasteiger partial charge in [-0.2, -0.15) is 0 Å². The molecule has 0 spiro atoms. The average Bonchev–Trinajstić information content (AvgIpc) is 2.76. The van der Waals surface area contributed by atoms with E-state index in [1.54, 1.807) is 0 Å². The summed E-state index contributed by atoms with van der Waals surface area (Å²) >= 11 is 0. The Morgan fingerprint density at radius 1 is 0.667 bits per heavy atom. The third-order valence-corrected chi connectivity index (χ3v) is 5.04. The Kier molecular flexibility index (Phi) is 3.86. The van der Waals surface area contributed by atoms with Crippen LogP contribution in [0.15, 0.2) is 42.7 Å². The highest BCUT2D eigenvalue weighted by molar-refractivity contribution is 6.22. The highest BCUT2D eigenvalue weighted by Crippen LogP contribution is 2.45. The fourth-order valence-corrected chi connectivity index (χ4v) is 3.53. The minimum absolute atomic E-state index is 0.118. The minimum atomic E-state index is -1.22. The van der Waals surface area contributed by atoms with E-state index in [0.717, 1.165) is 24.3 Å². The van der Waals surface area contributed by atoms with Crippen LogP contribution in [0.4, 0.5) is 0 Å². The van der Waals surface area contributed by atoms with E-state index >= 15 is 0 Å². The lowest BCUT2D eigenvalue weighted by atomic mass is 10.0. The number of esters is 1. The standard InChI is InChI=1S/C21H10O12/c22-8-1-5(2-9(23)14(8)25)19(28)31-11-4-7-13-12-6(20(29)33-18(13)16(11)27)3-10(24)15(26)17(12)32-21(7)30/h1-4,22-27H. The summed E-state index contributed by atoms with van der Waals surface area (Å²) in [4.78, 5) is 37.5. The van der Waals surface area contributed by atoms with Crippen molar-refractivity contribution >= 4 is 38.7 Å². The van der Waals surface area contributed by atoms with Crippen LogP contribution in [0.2, 0.25) is 0 Å². The lowest BCUT2D eigenvalue weighted by molar-refractivity contribution is 0.0729. The highest BCUT2D eigenvalue weighted by Gasteiger charge is 2.27. The molecule has 0 radical (unpaired) electrons. The smallest absolute Gasteiger partial charge is 0.344 e. The van der Waals surface area contributed by atoms with E-state index in [9.17, 15) is 45.0 Å². The summed E-state index contributed by atoms with van der Waals surface area (Å²) in [7, 11) is 0. The zero-order valence-electron chi connectivity index (χ0n) is 15.9. The van der Waals surface area contributed by atoms with E-state index in [-0.39, 0.29) is 21.5 Å². The summed E-state index contributed by atoms with van der Waals surface area (Å²) < 4.78 is 15.2. The molecule has 33 heavy (non-hydrogen) atoms. The number of benzene rings is 3. The van der Waals surface area contributed by atoms with Crippen LogP contribution in [0, 0.1) is 0 Å². The Morgan fingerprint density at radius 3 is 1.73 bits per heavy atom. The van der Waals surface area contributed by atoms with Gasteiger partial charge in [0, 0.05) is 16.8 Å². The van der Waals surface area contributed by atoms with Gasteiger partial charge in [-0.3, -0.25) is 0 Å². The summed E-state index contributed by atoms with van der Waals surface area (Å²) in [6.45, 7) is 0. The number of hydrogen-bond donors (Lipinski definition) is 6. The summed E-state index contributed by atoms with van der Waals surface area (Å²) in [5.74, 6) is -6.79. The Balaban J connectivity index is 1.78. The van der Waals surface area contributed by atoms with Crippen molar-refractivity contribution in [2.75, 3.05) is 0 Å². The Hall–Kier alpha value is -5.13. The van der Waals surface area contributed by atoms with Crippen molar-refractivity contribution in [2.24, 2.45) is 0 Å². The monoisotopic (exact) mass is 454 g/mol. The largest absolute Gasteiger partial charge is 0.504 e. The van der Waals surface area contributed by atoms with Crippen LogP contribution in [0.25, 0.3) is 32.7 Å². The van der Waals surface area contributed by atoms with Gasteiger partial charge in [0.15, 0.2) is 39.9 Å². The van der Waals surface area contributed by atoms with Gasteiger partial charge < -0.3 is 44.2 Å². The second-order valence-corrected chi connectivity index (χ2v) is 7.00. The van der Waals surface area contributed by atoms with Crippen LogP contribution in [-0.4, -0.2) is 36.6 Å². The first-order chi connectivity index (χ1) is 15.6. The molecule has 12 nitrogen and oxygen atoms in total. The third-order valence-electron chi connectivity index (χ3n) is 5.04. The Bertz CT molecular complexity index is 1740. The normalized spacial score (nSPS) is 11.5. The first-order valence-electron chi connectivity index (χ1n) is 8.99. The number of phenolic OH excluding ortho intramolecular Hbond substituents is 6. The van der Waals surface area contributed by atoms with E-state index in [1.807, 2.05) is 0 Å². The molecule has 0 unspecified atom stereocenters. The summed E-state index contributed by atoms with van der Waals surface area (Å²) in [5.41, 5.74) is -3.65. The van der Waals surface area contributed by atoms with Crippen LogP contribution < -0.4 is 16.0 Å². The van der Waals surface area contributed by atoms with E-state index in [1.165, 1.54) is 0 Å². The maximum Gasteiger partial charge on any atom is 0.344 e. The van der Waals surface area contributed by atoms with Gasteiger partial charge in [-0.25, -0.2) is 14.4 Å². The van der Waals surface area contributed by atoms with Gasteiger partial charge in [-0.1, -0.05) is 0 Å². The molecule has 0 amide bonds. The van der Waals surface area contributed by atoms with E-state index < -0.39 is 74.2 Å². The van der Waals surface area contributed by atoms with Gasteiger partial charge in [0.05, 0.1) is 16.3 Å². The highest BCUT2D eigenvalue weighted by atomic mass is 16.5. The van der Waals surface area contributed by atoms with Crippen molar-refractivity contribution in [2.45, 2.75) is 0 Å². The molecule has 5 aromatic rings. The van der Waals surface area contributed by atoms with E-state index in [4.69, 9.17) is 13.6 Å². The van der Waals surface area contributed by atoms with Gasteiger partial charge in [0.2, 0.25) is 11.5 Å². The zero-order chi connectivity index (χ0) is 23.8. The van der Waals surface area contributed by atoms with Crippen molar-refractivity contribution < 1.29 is 49.0 Å². The number of aromatic hydroxyl groups is 6. The van der Waals surface area contributed by atoms with Crippen molar-refractivity contribution in [3.05, 3.63) is 50.7 Å². The van der Waals surface area contributed by atoms with Crippen LogP contribution in [0.5, 0.6) is 40.2 Å². The van der Waals surface area contributed by atoms with Gasteiger partial charge in [0.1, 0.15) is 0 Å². The lowest BCUT2D eigenvalue weighted by Gasteiger charge is -2.13. The molecule has 12 heteroatoms. The fraction of sp³-hybridized carbons (Fsp3) is 0. The number of carbonyl (C=O) groups excluding carboxylic acids is 1. The van der Waals surface area contributed by atoms with Crippen molar-refractivity contribution in [1.29, 1.82) is 0 Å². The lowest BCUT2D eigenvalue weighted by Crippen LogP contribution is -2.11. The van der Waals surface area contributed by atoms with E-state index in [2.05, 4.69) is 0 Å². The topological polar surface area (TPSA) is 208 Å². The molecule has 0 saturated heterocycles. The molecule has 3 aromatic carbocycles. The number of carbonyl (C=O) groups is 1. The van der Waals surface area contributed by atoms with Crippen molar-refractivity contribution in [1.82, 2.24) is 0 Å². The SMILES string of the molecule is O=C(Oc1cc2c(=O)oc3c(O)c(O)cc4c(=O)oc(c1O)c2c34)c1cc(O)c(O)c(O)c1. The van der Waals surface area contributed by atoms with Gasteiger partial charge >= 0.3 is 17.2 Å². The Morgan fingerprint density at radius 2 is 1.15 bits per heavy atom. The second kappa shape index (κ2) is 6.43. The van der Waals surface area contributed by atoms with Gasteiger partial charge in [-0.05, 0) is 18.2 Å². The average molecular weight is 454 g/mol. The summed E-state index contributed by atoms with van der Waals surface area (Å²) in [6, 6.07) is 3.38. The predicted molar refractivity (Wildman–Crippen MR) is 109 cm³/mol. The summed E-state index contributed by atoms with van der Waals surface area (Å²) in [6.07, 6.45) is 0. The molecule has 2 heterocycles. The van der Waals surface area contributed by atoms with E-state index in [0.29, 0.717) is 0 Å². The van der Waals surface area contributed by atoms with Crippen LogP contribution >= 0.6 is 0 Å². The molecule has 0 fully saturated rings.